The highest BCUT2D eigenvalue weighted by atomic mass is 35.5. The largest absolute Gasteiger partial charge is 0.295 e. The summed E-state index contributed by atoms with van der Waals surface area (Å²) in [6, 6.07) is 13.6. The number of benzene rings is 2. The third kappa shape index (κ3) is 3.55. The number of tetrazole rings is 1. The minimum absolute atomic E-state index is 0.0536. The van der Waals surface area contributed by atoms with Crippen LogP contribution in [0.4, 0.5) is 0 Å². The summed E-state index contributed by atoms with van der Waals surface area (Å²) in [5.74, 6) is 0.128. The van der Waals surface area contributed by atoms with Gasteiger partial charge in [-0.2, -0.15) is 4.80 Å². The predicted octanol–water partition coefficient (Wildman–Crippen LogP) is 3.08. The van der Waals surface area contributed by atoms with Gasteiger partial charge in [0, 0.05) is 21.7 Å². The van der Waals surface area contributed by atoms with E-state index in [4.69, 9.17) is 11.6 Å². The first-order valence-electron chi connectivity index (χ1n) is 7.21. The Morgan fingerprint density at radius 3 is 2.50 bits per heavy atom. The van der Waals surface area contributed by atoms with Crippen LogP contribution in [-0.2, 0) is 6.54 Å². The van der Waals surface area contributed by atoms with Gasteiger partial charge in [-0.05, 0) is 42.5 Å². The summed E-state index contributed by atoms with van der Waals surface area (Å²) in [5.41, 5.74) is 1.69. The Hall–Kier alpha value is -2.86. The molecule has 0 aliphatic heterocycles. The maximum atomic E-state index is 12.3. The molecule has 3 aromatic rings. The van der Waals surface area contributed by atoms with E-state index in [9.17, 15) is 9.59 Å². The Morgan fingerprint density at radius 1 is 1.08 bits per heavy atom. The van der Waals surface area contributed by atoms with Crippen molar-refractivity contribution >= 4 is 23.2 Å². The molecule has 3 rings (SSSR count). The third-order valence-corrected chi connectivity index (χ3v) is 3.68. The minimum atomic E-state index is -0.196. The van der Waals surface area contributed by atoms with E-state index in [1.165, 1.54) is 11.7 Å². The van der Waals surface area contributed by atoms with Gasteiger partial charge in [-0.25, -0.2) is 0 Å². The van der Waals surface area contributed by atoms with E-state index < -0.39 is 0 Å². The zero-order chi connectivity index (χ0) is 17.1. The van der Waals surface area contributed by atoms with Crippen LogP contribution in [0.2, 0.25) is 5.02 Å². The summed E-state index contributed by atoms with van der Waals surface area (Å²) in [5, 5.41) is 12.6. The molecule has 0 aliphatic rings. The van der Waals surface area contributed by atoms with Gasteiger partial charge in [0.1, 0.15) is 6.54 Å². The molecule has 0 aliphatic carbocycles. The van der Waals surface area contributed by atoms with Crippen LogP contribution in [0.15, 0.2) is 48.5 Å². The lowest BCUT2D eigenvalue weighted by Crippen LogP contribution is -2.13. The molecule has 24 heavy (non-hydrogen) atoms. The maximum absolute atomic E-state index is 12.3. The number of carbonyl (C=O) groups excluding carboxylic acids is 2. The Bertz CT molecular complexity index is 903. The van der Waals surface area contributed by atoms with Gasteiger partial charge in [0.05, 0.1) is 0 Å². The van der Waals surface area contributed by atoms with Crippen molar-refractivity contribution in [3.8, 4) is 11.4 Å². The van der Waals surface area contributed by atoms with Gasteiger partial charge in [-0.1, -0.05) is 29.8 Å². The number of aromatic nitrogens is 4. The molecule has 0 saturated heterocycles. The second-order valence-corrected chi connectivity index (χ2v) is 5.65. The molecule has 0 saturated carbocycles. The topological polar surface area (TPSA) is 77.7 Å². The Balaban J connectivity index is 1.77. The maximum Gasteiger partial charge on any atom is 0.204 e. The molecule has 0 radical (unpaired) electrons. The van der Waals surface area contributed by atoms with Crippen molar-refractivity contribution in [2.45, 2.75) is 13.5 Å². The molecule has 0 bridgehead atoms. The van der Waals surface area contributed by atoms with Gasteiger partial charge in [-0.3, -0.25) is 9.59 Å². The van der Waals surface area contributed by atoms with Gasteiger partial charge < -0.3 is 0 Å². The first-order chi connectivity index (χ1) is 11.5. The van der Waals surface area contributed by atoms with E-state index in [1.807, 2.05) is 0 Å². The Morgan fingerprint density at radius 2 is 1.79 bits per heavy atom. The first kappa shape index (κ1) is 16.0. The molecule has 0 amide bonds. The summed E-state index contributed by atoms with van der Waals surface area (Å²) < 4.78 is 0. The second-order valence-electron chi connectivity index (χ2n) is 5.21. The fourth-order valence-corrected chi connectivity index (χ4v) is 2.28. The lowest BCUT2D eigenvalue weighted by atomic mass is 10.1. The zero-order valence-electron chi connectivity index (χ0n) is 12.8. The normalized spacial score (nSPS) is 10.6. The SMILES string of the molecule is CC(=O)c1cccc(C(=O)Cn2nnc(-c3ccc(Cl)cc3)n2)c1. The fraction of sp³-hybridized carbons (Fsp3) is 0.118. The number of carbonyl (C=O) groups is 2. The number of hydrogen-bond acceptors (Lipinski definition) is 5. The number of nitrogens with zero attached hydrogens (tertiary/aromatic N) is 4. The van der Waals surface area contributed by atoms with E-state index in [0.29, 0.717) is 22.0 Å². The molecule has 6 nitrogen and oxygen atoms in total. The number of halogens is 1. The average molecular weight is 341 g/mol. The van der Waals surface area contributed by atoms with Crippen LogP contribution in [-0.4, -0.2) is 31.8 Å². The van der Waals surface area contributed by atoms with Gasteiger partial charge >= 0.3 is 0 Å². The molecule has 0 atom stereocenters. The molecular weight excluding hydrogens is 328 g/mol. The molecule has 0 N–H and O–H groups in total. The highest BCUT2D eigenvalue weighted by molar-refractivity contribution is 6.30. The summed E-state index contributed by atoms with van der Waals surface area (Å²) in [4.78, 5) is 25.0. The molecule has 1 aromatic heterocycles. The monoisotopic (exact) mass is 340 g/mol. The molecule has 0 unspecified atom stereocenters. The fourth-order valence-electron chi connectivity index (χ4n) is 2.16. The van der Waals surface area contributed by atoms with Crippen molar-refractivity contribution in [2.75, 3.05) is 0 Å². The highest BCUT2D eigenvalue weighted by Gasteiger charge is 2.12. The Kier molecular flexibility index (Phi) is 4.48. The van der Waals surface area contributed by atoms with Crippen LogP contribution in [0.5, 0.6) is 0 Å². The minimum Gasteiger partial charge on any atom is -0.295 e. The average Bonchev–Trinajstić information content (AvgIpc) is 3.04. The van der Waals surface area contributed by atoms with E-state index in [2.05, 4.69) is 15.4 Å². The number of Topliss-reactive ketones (excluding diaryl/α,β-unsaturated/α-hetero) is 2. The summed E-state index contributed by atoms with van der Waals surface area (Å²) in [7, 11) is 0. The third-order valence-electron chi connectivity index (χ3n) is 3.43. The molecule has 0 spiro atoms. The number of ketones is 2. The molecule has 1 heterocycles. The van der Waals surface area contributed by atoms with Crippen LogP contribution >= 0.6 is 11.6 Å². The van der Waals surface area contributed by atoms with Crippen molar-refractivity contribution < 1.29 is 9.59 Å². The van der Waals surface area contributed by atoms with Crippen molar-refractivity contribution in [1.29, 1.82) is 0 Å². The molecular formula is C17H13ClN4O2. The van der Waals surface area contributed by atoms with Gasteiger partial charge in [-0.15, -0.1) is 10.2 Å². The quantitative estimate of drug-likeness (QED) is 0.667. The van der Waals surface area contributed by atoms with Crippen molar-refractivity contribution in [3.63, 3.8) is 0 Å². The van der Waals surface area contributed by atoms with E-state index in [1.54, 1.807) is 48.5 Å². The van der Waals surface area contributed by atoms with E-state index >= 15 is 0 Å². The molecule has 120 valence electrons. The predicted molar refractivity (Wildman–Crippen MR) is 89.0 cm³/mol. The summed E-state index contributed by atoms with van der Waals surface area (Å²) >= 11 is 5.85. The Labute approximate surface area is 143 Å². The van der Waals surface area contributed by atoms with Crippen molar-refractivity contribution in [2.24, 2.45) is 0 Å². The first-order valence-corrected chi connectivity index (χ1v) is 7.58. The molecule has 2 aromatic carbocycles. The van der Waals surface area contributed by atoms with Gasteiger partial charge in [0.15, 0.2) is 11.6 Å². The summed E-state index contributed by atoms with van der Waals surface area (Å²) in [6.07, 6.45) is 0. The number of rotatable bonds is 5. The molecule has 7 heteroatoms. The van der Waals surface area contributed by atoms with Crippen LogP contribution in [0.3, 0.4) is 0 Å². The summed E-state index contributed by atoms with van der Waals surface area (Å²) in [6.45, 7) is 1.41. The van der Waals surface area contributed by atoms with Crippen LogP contribution < -0.4 is 0 Å². The lowest BCUT2D eigenvalue weighted by molar-refractivity contribution is 0.0961. The smallest absolute Gasteiger partial charge is 0.204 e. The van der Waals surface area contributed by atoms with Gasteiger partial charge in [0.25, 0.3) is 0 Å². The second kappa shape index (κ2) is 6.72. The van der Waals surface area contributed by atoms with Crippen LogP contribution in [0, 0.1) is 0 Å². The van der Waals surface area contributed by atoms with E-state index in [0.717, 1.165) is 5.56 Å². The molecule has 0 fully saturated rings. The van der Waals surface area contributed by atoms with Crippen LogP contribution in [0.1, 0.15) is 27.6 Å². The van der Waals surface area contributed by atoms with Crippen molar-refractivity contribution in [1.82, 2.24) is 20.2 Å². The lowest BCUT2D eigenvalue weighted by Gasteiger charge is -2.02. The van der Waals surface area contributed by atoms with Crippen molar-refractivity contribution in [3.05, 3.63) is 64.7 Å². The number of hydrogen-bond donors (Lipinski definition) is 0. The highest BCUT2D eigenvalue weighted by Crippen LogP contribution is 2.17. The van der Waals surface area contributed by atoms with Gasteiger partial charge in [0.2, 0.25) is 5.82 Å². The van der Waals surface area contributed by atoms with E-state index in [-0.39, 0.29) is 18.1 Å². The standard InChI is InChI=1S/C17H13ClN4O2/c1-11(23)13-3-2-4-14(9-13)16(24)10-22-20-17(19-21-22)12-5-7-15(18)8-6-12/h2-9H,10H2,1H3. The van der Waals surface area contributed by atoms with Crippen LogP contribution in [0.25, 0.3) is 11.4 Å². The zero-order valence-corrected chi connectivity index (χ0v) is 13.6.